The van der Waals surface area contributed by atoms with Gasteiger partial charge in [0, 0.05) is 10.0 Å². The molecule has 1 amide bonds. The monoisotopic (exact) mass is 411 g/mol. The molecular formula is C21H18BrNO3. The first kappa shape index (κ1) is 18.0. The van der Waals surface area contributed by atoms with E-state index in [4.69, 9.17) is 9.47 Å². The van der Waals surface area contributed by atoms with Crippen LogP contribution in [-0.2, 0) is 0 Å². The third kappa shape index (κ3) is 5.10. The molecule has 0 spiro atoms. The van der Waals surface area contributed by atoms with Crippen LogP contribution in [0.1, 0.15) is 10.4 Å². The number of anilines is 1. The molecular weight excluding hydrogens is 394 g/mol. The Morgan fingerprint density at radius 1 is 0.808 bits per heavy atom. The highest BCUT2D eigenvalue weighted by Crippen LogP contribution is 2.22. The van der Waals surface area contributed by atoms with Crippen LogP contribution < -0.4 is 14.8 Å². The molecule has 0 aliphatic carbocycles. The van der Waals surface area contributed by atoms with Gasteiger partial charge in [-0.25, -0.2) is 0 Å². The molecule has 26 heavy (non-hydrogen) atoms. The van der Waals surface area contributed by atoms with Crippen molar-refractivity contribution in [2.75, 3.05) is 18.5 Å². The molecule has 0 saturated carbocycles. The number of rotatable bonds is 7. The van der Waals surface area contributed by atoms with E-state index in [1.807, 2.05) is 60.7 Å². The highest BCUT2D eigenvalue weighted by Gasteiger charge is 2.09. The van der Waals surface area contributed by atoms with E-state index in [2.05, 4.69) is 21.2 Å². The van der Waals surface area contributed by atoms with Gasteiger partial charge in [-0.2, -0.15) is 0 Å². The summed E-state index contributed by atoms with van der Waals surface area (Å²) in [6, 6.07) is 24.1. The topological polar surface area (TPSA) is 47.6 Å². The number of carbonyl (C=O) groups is 1. The fraction of sp³-hybridized carbons (Fsp3) is 0.0952. The van der Waals surface area contributed by atoms with Crippen LogP contribution in [0.5, 0.6) is 11.5 Å². The first-order valence-electron chi connectivity index (χ1n) is 8.19. The molecule has 3 aromatic rings. The van der Waals surface area contributed by atoms with Gasteiger partial charge < -0.3 is 14.8 Å². The standard InChI is InChI=1S/C21H18BrNO3/c22-19-11-4-5-12-20(19)23-21(24)16-7-6-10-18(15-16)26-14-13-25-17-8-2-1-3-9-17/h1-12,15H,13-14H2,(H,23,24). The molecule has 0 saturated heterocycles. The van der Waals surface area contributed by atoms with Crippen LogP contribution in [0.15, 0.2) is 83.3 Å². The molecule has 0 radical (unpaired) electrons. The van der Waals surface area contributed by atoms with Gasteiger partial charge in [-0.1, -0.05) is 36.4 Å². The van der Waals surface area contributed by atoms with Crippen molar-refractivity contribution < 1.29 is 14.3 Å². The van der Waals surface area contributed by atoms with Gasteiger partial charge in [0.15, 0.2) is 0 Å². The van der Waals surface area contributed by atoms with Crippen molar-refractivity contribution in [1.29, 1.82) is 0 Å². The Morgan fingerprint density at radius 2 is 1.46 bits per heavy atom. The van der Waals surface area contributed by atoms with Crippen molar-refractivity contribution in [3.63, 3.8) is 0 Å². The summed E-state index contributed by atoms with van der Waals surface area (Å²) in [5.41, 5.74) is 1.25. The Bertz CT molecular complexity index is 868. The SMILES string of the molecule is O=C(Nc1ccccc1Br)c1cccc(OCCOc2ccccc2)c1. The van der Waals surface area contributed by atoms with Gasteiger partial charge in [-0.05, 0) is 58.4 Å². The van der Waals surface area contributed by atoms with Crippen LogP contribution in [0.4, 0.5) is 5.69 Å². The lowest BCUT2D eigenvalue weighted by Gasteiger charge is -2.10. The van der Waals surface area contributed by atoms with E-state index in [1.54, 1.807) is 18.2 Å². The second kappa shape index (κ2) is 9.06. The second-order valence-electron chi connectivity index (χ2n) is 5.47. The van der Waals surface area contributed by atoms with Gasteiger partial charge in [0.05, 0.1) is 5.69 Å². The first-order chi connectivity index (χ1) is 12.7. The number of nitrogens with one attached hydrogen (secondary N) is 1. The molecule has 0 unspecified atom stereocenters. The fourth-order valence-corrected chi connectivity index (χ4v) is 2.70. The molecule has 5 heteroatoms. The van der Waals surface area contributed by atoms with Crippen molar-refractivity contribution in [3.05, 3.63) is 88.9 Å². The molecule has 0 bridgehead atoms. The van der Waals surface area contributed by atoms with Gasteiger partial charge >= 0.3 is 0 Å². The van der Waals surface area contributed by atoms with E-state index >= 15 is 0 Å². The molecule has 3 rings (SSSR count). The third-order valence-corrected chi connectivity index (χ3v) is 4.27. The van der Waals surface area contributed by atoms with Crippen LogP contribution in [-0.4, -0.2) is 19.1 Å². The van der Waals surface area contributed by atoms with E-state index < -0.39 is 0 Å². The number of hydrogen-bond donors (Lipinski definition) is 1. The Kier molecular flexibility index (Phi) is 6.28. The summed E-state index contributed by atoms with van der Waals surface area (Å²) in [5, 5.41) is 2.88. The molecule has 132 valence electrons. The number of halogens is 1. The van der Waals surface area contributed by atoms with Crippen molar-refractivity contribution in [2.24, 2.45) is 0 Å². The first-order valence-corrected chi connectivity index (χ1v) is 8.98. The van der Waals surface area contributed by atoms with Crippen LogP contribution in [0, 0.1) is 0 Å². The zero-order valence-corrected chi connectivity index (χ0v) is 15.6. The maximum atomic E-state index is 12.4. The predicted molar refractivity (Wildman–Crippen MR) is 106 cm³/mol. The van der Waals surface area contributed by atoms with Crippen molar-refractivity contribution in [2.45, 2.75) is 0 Å². The lowest BCUT2D eigenvalue weighted by molar-refractivity contribution is 0.102. The maximum absolute atomic E-state index is 12.4. The summed E-state index contributed by atoms with van der Waals surface area (Å²) in [5.74, 6) is 1.24. The molecule has 3 aromatic carbocycles. The van der Waals surface area contributed by atoms with Crippen molar-refractivity contribution in [3.8, 4) is 11.5 Å². The Hall–Kier alpha value is -2.79. The Balaban J connectivity index is 1.54. The fourth-order valence-electron chi connectivity index (χ4n) is 2.32. The Labute approximate surface area is 160 Å². The molecule has 0 atom stereocenters. The average molecular weight is 412 g/mol. The normalized spacial score (nSPS) is 10.2. The second-order valence-corrected chi connectivity index (χ2v) is 6.33. The van der Waals surface area contributed by atoms with E-state index in [1.165, 1.54) is 0 Å². The Morgan fingerprint density at radius 3 is 2.23 bits per heavy atom. The number of hydrogen-bond acceptors (Lipinski definition) is 3. The van der Waals surface area contributed by atoms with Crippen LogP contribution in [0.2, 0.25) is 0 Å². The van der Waals surface area contributed by atoms with Crippen LogP contribution in [0.25, 0.3) is 0 Å². The molecule has 0 aliphatic heterocycles. The lowest BCUT2D eigenvalue weighted by atomic mass is 10.2. The molecule has 1 N–H and O–H groups in total. The summed E-state index contributed by atoms with van der Waals surface area (Å²) in [6.07, 6.45) is 0. The van der Waals surface area contributed by atoms with Gasteiger partial charge in [-0.3, -0.25) is 4.79 Å². The molecule has 4 nitrogen and oxygen atoms in total. The molecule has 0 fully saturated rings. The summed E-state index contributed by atoms with van der Waals surface area (Å²) < 4.78 is 12.1. The molecule has 0 aliphatic rings. The maximum Gasteiger partial charge on any atom is 0.255 e. The smallest absolute Gasteiger partial charge is 0.255 e. The minimum Gasteiger partial charge on any atom is -0.490 e. The number of ether oxygens (including phenoxy) is 2. The van der Waals surface area contributed by atoms with E-state index in [0.717, 1.165) is 15.9 Å². The van der Waals surface area contributed by atoms with Crippen LogP contribution >= 0.6 is 15.9 Å². The summed E-state index contributed by atoms with van der Waals surface area (Å²) in [6.45, 7) is 0.821. The van der Waals surface area contributed by atoms with E-state index in [0.29, 0.717) is 24.5 Å². The summed E-state index contributed by atoms with van der Waals surface area (Å²) in [7, 11) is 0. The van der Waals surface area contributed by atoms with Gasteiger partial charge in [0.2, 0.25) is 0 Å². The highest BCUT2D eigenvalue weighted by molar-refractivity contribution is 9.10. The zero-order chi connectivity index (χ0) is 18.2. The van der Waals surface area contributed by atoms with Crippen LogP contribution in [0.3, 0.4) is 0 Å². The number of carbonyl (C=O) groups excluding carboxylic acids is 1. The third-order valence-electron chi connectivity index (χ3n) is 3.58. The summed E-state index contributed by atoms with van der Waals surface area (Å²) in [4.78, 5) is 12.4. The molecule has 0 heterocycles. The largest absolute Gasteiger partial charge is 0.490 e. The lowest BCUT2D eigenvalue weighted by Crippen LogP contribution is -2.13. The number of amides is 1. The number of benzene rings is 3. The quantitative estimate of drug-likeness (QED) is 0.546. The van der Waals surface area contributed by atoms with Gasteiger partial charge in [0.25, 0.3) is 5.91 Å². The zero-order valence-electron chi connectivity index (χ0n) is 14.0. The average Bonchev–Trinajstić information content (AvgIpc) is 2.68. The van der Waals surface area contributed by atoms with E-state index in [-0.39, 0.29) is 5.91 Å². The van der Waals surface area contributed by atoms with Crippen molar-refractivity contribution >= 4 is 27.5 Å². The molecule has 0 aromatic heterocycles. The predicted octanol–water partition coefficient (Wildman–Crippen LogP) is 5.16. The highest BCUT2D eigenvalue weighted by atomic mass is 79.9. The van der Waals surface area contributed by atoms with Crippen molar-refractivity contribution in [1.82, 2.24) is 0 Å². The minimum absolute atomic E-state index is 0.192. The van der Waals surface area contributed by atoms with E-state index in [9.17, 15) is 4.79 Å². The number of para-hydroxylation sites is 2. The van der Waals surface area contributed by atoms with Gasteiger partial charge in [-0.15, -0.1) is 0 Å². The minimum atomic E-state index is -0.192. The summed E-state index contributed by atoms with van der Waals surface area (Å²) >= 11 is 3.42. The van der Waals surface area contributed by atoms with Gasteiger partial charge in [0.1, 0.15) is 24.7 Å².